The summed E-state index contributed by atoms with van der Waals surface area (Å²) >= 11 is 18.6. The molecule has 0 radical (unpaired) electrons. The second-order valence-corrected chi connectivity index (χ2v) is 8.71. The van der Waals surface area contributed by atoms with Crippen molar-refractivity contribution in [2.75, 3.05) is 6.54 Å². The van der Waals surface area contributed by atoms with E-state index >= 15 is 0 Å². The zero-order valence-electron chi connectivity index (χ0n) is 16.2. The summed E-state index contributed by atoms with van der Waals surface area (Å²) in [6.45, 7) is 1.75. The van der Waals surface area contributed by atoms with E-state index in [0.29, 0.717) is 50.5 Å². The quantitative estimate of drug-likeness (QED) is 0.354. The van der Waals surface area contributed by atoms with Crippen molar-refractivity contribution in [2.24, 2.45) is 0 Å². The lowest BCUT2D eigenvalue weighted by Gasteiger charge is -2.28. The summed E-state index contributed by atoms with van der Waals surface area (Å²) in [6.07, 6.45) is 2.60. The Hall–Kier alpha value is -2.44. The van der Waals surface area contributed by atoms with Gasteiger partial charge in [-0.2, -0.15) is 0 Å². The Morgan fingerprint density at radius 2 is 1.81 bits per heavy atom. The molecule has 2 aromatic carbocycles. The average molecular weight is 473 g/mol. The van der Waals surface area contributed by atoms with Crippen LogP contribution in [0.4, 0.5) is 0 Å². The van der Waals surface area contributed by atoms with Gasteiger partial charge in [-0.3, -0.25) is 4.90 Å². The Bertz CT molecular complexity index is 1350. The molecule has 156 valence electrons. The summed E-state index contributed by atoms with van der Waals surface area (Å²) in [5, 5.41) is 2.23. The van der Waals surface area contributed by atoms with Crippen molar-refractivity contribution in [1.82, 2.24) is 14.9 Å². The minimum absolute atomic E-state index is 0.377. The molecule has 1 aliphatic heterocycles. The minimum atomic E-state index is -0.431. The van der Waals surface area contributed by atoms with E-state index in [0.717, 1.165) is 29.8 Å². The van der Waals surface area contributed by atoms with E-state index in [4.69, 9.17) is 44.2 Å². The zero-order valence-corrected chi connectivity index (χ0v) is 18.5. The number of fused-ring (bicyclic) bond motifs is 2. The van der Waals surface area contributed by atoms with Crippen LogP contribution in [0.25, 0.3) is 22.4 Å². The molecule has 5 nitrogen and oxygen atoms in total. The van der Waals surface area contributed by atoms with Gasteiger partial charge < -0.3 is 4.42 Å². The third-order valence-electron chi connectivity index (χ3n) is 5.39. The smallest absolute Gasteiger partial charge is 0.342 e. The van der Waals surface area contributed by atoms with Crippen LogP contribution in [0.2, 0.25) is 15.1 Å². The molecule has 0 unspecified atom stereocenters. The number of hydrogen-bond acceptors (Lipinski definition) is 5. The maximum Gasteiger partial charge on any atom is 0.342 e. The minimum Gasteiger partial charge on any atom is -0.422 e. The fraction of sp³-hybridized carbons (Fsp3) is 0.174. The maximum atomic E-state index is 12.5. The van der Waals surface area contributed by atoms with E-state index in [9.17, 15) is 4.79 Å². The van der Waals surface area contributed by atoms with Crippen LogP contribution in [-0.4, -0.2) is 21.4 Å². The van der Waals surface area contributed by atoms with E-state index in [2.05, 4.69) is 9.88 Å². The first-order valence-electron chi connectivity index (χ1n) is 9.72. The van der Waals surface area contributed by atoms with Crippen molar-refractivity contribution in [3.63, 3.8) is 0 Å². The predicted molar refractivity (Wildman–Crippen MR) is 123 cm³/mol. The second-order valence-electron chi connectivity index (χ2n) is 7.46. The SMILES string of the molecule is O=c1oc2ccc(Cl)cc2c(Cl)c1CN1CCc2nc(-c3ccc(Cl)cc3)ncc2C1. The molecule has 5 rings (SSSR count). The van der Waals surface area contributed by atoms with Crippen LogP contribution >= 0.6 is 34.8 Å². The molecular formula is C23H16Cl3N3O2. The summed E-state index contributed by atoms with van der Waals surface area (Å²) in [6, 6.07) is 12.5. The van der Waals surface area contributed by atoms with Crippen LogP contribution < -0.4 is 5.63 Å². The van der Waals surface area contributed by atoms with E-state index in [-0.39, 0.29) is 0 Å². The van der Waals surface area contributed by atoms with Crippen LogP contribution in [-0.2, 0) is 19.5 Å². The van der Waals surface area contributed by atoms with Gasteiger partial charge in [0.15, 0.2) is 5.82 Å². The van der Waals surface area contributed by atoms with Gasteiger partial charge in [0.25, 0.3) is 0 Å². The Kier molecular flexibility index (Phi) is 5.44. The molecule has 0 bridgehead atoms. The lowest BCUT2D eigenvalue weighted by Crippen LogP contribution is -2.32. The van der Waals surface area contributed by atoms with Gasteiger partial charge in [-0.15, -0.1) is 0 Å². The molecule has 31 heavy (non-hydrogen) atoms. The van der Waals surface area contributed by atoms with Crippen molar-refractivity contribution in [2.45, 2.75) is 19.5 Å². The number of rotatable bonds is 3. The van der Waals surface area contributed by atoms with Crippen LogP contribution in [0, 0.1) is 0 Å². The van der Waals surface area contributed by atoms with Gasteiger partial charge in [-0.25, -0.2) is 14.8 Å². The highest BCUT2D eigenvalue weighted by atomic mass is 35.5. The first-order chi connectivity index (χ1) is 15.0. The maximum absolute atomic E-state index is 12.5. The molecule has 0 N–H and O–H groups in total. The Morgan fingerprint density at radius 3 is 2.61 bits per heavy atom. The molecule has 2 aromatic heterocycles. The standard InChI is InChI=1S/C23H16Cl3N3O2/c24-15-3-1-13(2-4-15)22-27-10-14-11-29(8-7-19(14)28-22)12-18-21(26)17-9-16(25)5-6-20(17)31-23(18)30/h1-6,9-10H,7-8,11-12H2. The van der Waals surface area contributed by atoms with Crippen LogP contribution in [0.5, 0.6) is 0 Å². The first-order valence-corrected chi connectivity index (χ1v) is 10.8. The number of hydrogen-bond donors (Lipinski definition) is 0. The van der Waals surface area contributed by atoms with Gasteiger partial charge >= 0.3 is 5.63 Å². The third kappa shape index (κ3) is 4.06. The number of nitrogens with zero attached hydrogens (tertiary/aromatic N) is 3. The number of aromatic nitrogens is 2. The molecule has 0 fully saturated rings. The molecule has 0 atom stereocenters. The number of benzene rings is 2. The lowest BCUT2D eigenvalue weighted by molar-refractivity contribution is 0.240. The Labute approximate surface area is 193 Å². The largest absolute Gasteiger partial charge is 0.422 e. The summed E-state index contributed by atoms with van der Waals surface area (Å²) in [7, 11) is 0. The van der Waals surface area contributed by atoms with Crippen molar-refractivity contribution < 1.29 is 4.42 Å². The molecule has 0 amide bonds. The fourth-order valence-corrected chi connectivity index (χ4v) is 4.36. The average Bonchev–Trinajstić information content (AvgIpc) is 2.77. The van der Waals surface area contributed by atoms with Gasteiger partial charge in [0.2, 0.25) is 0 Å². The summed E-state index contributed by atoms with van der Waals surface area (Å²) in [4.78, 5) is 23.9. The van der Waals surface area contributed by atoms with Gasteiger partial charge in [0, 0.05) is 58.8 Å². The Balaban J connectivity index is 1.40. The van der Waals surface area contributed by atoms with Gasteiger partial charge in [0.1, 0.15) is 5.58 Å². The normalized spacial score (nSPS) is 14.0. The molecule has 3 heterocycles. The highest BCUT2D eigenvalue weighted by Gasteiger charge is 2.22. The third-order valence-corrected chi connectivity index (χ3v) is 6.31. The lowest BCUT2D eigenvalue weighted by atomic mass is 10.1. The van der Waals surface area contributed by atoms with Crippen molar-refractivity contribution in [1.29, 1.82) is 0 Å². The van der Waals surface area contributed by atoms with Gasteiger partial charge in [0.05, 0.1) is 16.3 Å². The van der Waals surface area contributed by atoms with Crippen molar-refractivity contribution in [3.05, 3.63) is 91.0 Å². The molecule has 0 saturated carbocycles. The molecule has 0 spiro atoms. The molecule has 1 aliphatic rings. The molecular weight excluding hydrogens is 457 g/mol. The monoisotopic (exact) mass is 471 g/mol. The van der Waals surface area contributed by atoms with Crippen molar-refractivity contribution >= 4 is 45.8 Å². The van der Waals surface area contributed by atoms with Crippen LogP contribution in [0.3, 0.4) is 0 Å². The molecule has 0 saturated heterocycles. The number of halogens is 3. The highest BCUT2D eigenvalue weighted by molar-refractivity contribution is 6.37. The zero-order chi connectivity index (χ0) is 21.5. The first kappa shape index (κ1) is 20.5. The Morgan fingerprint density at radius 1 is 1.03 bits per heavy atom. The molecule has 8 heteroatoms. The van der Waals surface area contributed by atoms with Gasteiger partial charge in [-0.05, 0) is 42.5 Å². The summed E-state index contributed by atoms with van der Waals surface area (Å²) in [5.74, 6) is 0.680. The summed E-state index contributed by atoms with van der Waals surface area (Å²) in [5.41, 5.74) is 3.40. The summed E-state index contributed by atoms with van der Waals surface area (Å²) < 4.78 is 5.45. The topological polar surface area (TPSA) is 59.2 Å². The highest BCUT2D eigenvalue weighted by Crippen LogP contribution is 2.29. The van der Waals surface area contributed by atoms with Gasteiger partial charge in [-0.1, -0.05) is 34.8 Å². The fourth-order valence-electron chi connectivity index (χ4n) is 3.78. The van der Waals surface area contributed by atoms with Crippen molar-refractivity contribution in [3.8, 4) is 11.4 Å². The van der Waals surface area contributed by atoms with E-state index in [1.807, 2.05) is 30.5 Å². The second kappa shape index (κ2) is 8.24. The predicted octanol–water partition coefficient (Wildman–Crippen LogP) is 5.77. The van der Waals surface area contributed by atoms with E-state index in [1.54, 1.807) is 18.2 Å². The molecule has 0 aliphatic carbocycles. The molecule has 4 aromatic rings. The van der Waals surface area contributed by atoms with E-state index < -0.39 is 5.63 Å². The van der Waals surface area contributed by atoms with Crippen LogP contribution in [0.15, 0.2) is 57.9 Å². The van der Waals surface area contributed by atoms with E-state index in [1.165, 1.54) is 0 Å². The van der Waals surface area contributed by atoms with Crippen LogP contribution in [0.1, 0.15) is 16.8 Å².